The topological polar surface area (TPSA) is 105 Å². The van der Waals surface area contributed by atoms with Gasteiger partial charge < -0.3 is 20.5 Å². The maximum Gasteiger partial charge on any atom is 0.309 e. The van der Waals surface area contributed by atoms with Crippen molar-refractivity contribution < 1.29 is 24.2 Å². The Morgan fingerprint density at radius 2 is 1.73 bits per heavy atom. The molecule has 0 aliphatic carbocycles. The predicted octanol–water partition coefficient (Wildman–Crippen LogP) is 4.36. The van der Waals surface area contributed by atoms with Crippen molar-refractivity contribution in [2.75, 3.05) is 13.2 Å². The Hall–Kier alpha value is -2.93. The molecule has 3 N–H and O–H groups in total. The fourth-order valence-electron chi connectivity index (χ4n) is 3.88. The first kappa shape index (κ1) is 32.1. The summed E-state index contributed by atoms with van der Waals surface area (Å²) < 4.78 is 5.78. The third-order valence-electron chi connectivity index (χ3n) is 6.31. The third-order valence-corrected chi connectivity index (χ3v) is 6.31. The van der Waals surface area contributed by atoms with Crippen LogP contribution in [0.3, 0.4) is 0 Å². The van der Waals surface area contributed by atoms with Gasteiger partial charge in [0, 0.05) is 12.5 Å². The van der Waals surface area contributed by atoms with Crippen LogP contribution in [0.15, 0.2) is 55.6 Å². The van der Waals surface area contributed by atoms with Crippen LogP contribution in [0, 0.1) is 17.3 Å². The molecule has 0 aliphatic rings. The van der Waals surface area contributed by atoms with Crippen molar-refractivity contribution in [3.8, 4) is 0 Å². The van der Waals surface area contributed by atoms with Gasteiger partial charge in [0.2, 0.25) is 11.8 Å². The van der Waals surface area contributed by atoms with Gasteiger partial charge in [-0.2, -0.15) is 0 Å². The number of esters is 1. The standard InChI is InChI=1S/C30H46N2O5/c1-7-9-11-17-25(18-23-15-12-10-13-16-23)29(36)37-21-26(30(4,5)6)32-28(35)24(14-8-2)19-27(34)31-22(3)20-33/h7-8,10,12-13,15-16,22,24-26,33H,1-2,9,11,14,17-21H2,3-6H3,(H,31,34)(H,32,35)/t22-,24+,25+,26+/m0/s1. The van der Waals surface area contributed by atoms with Crippen LogP contribution < -0.4 is 10.6 Å². The summed E-state index contributed by atoms with van der Waals surface area (Å²) in [6, 6.07) is 9.03. The van der Waals surface area contributed by atoms with Gasteiger partial charge in [-0.1, -0.05) is 63.3 Å². The molecule has 1 aromatic rings. The highest BCUT2D eigenvalue weighted by molar-refractivity contribution is 5.86. The Labute approximate surface area is 222 Å². The molecular formula is C30H46N2O5. The van der Waals surface area contributed by atoms with Crippen LogP contribution in [0.2, 0.25) is 0 Å². The van der Waals surface area contributed by atoms with Gasteiger partial charge in [-0.15, -0.1) is 13.2 Å². The lowest BCUT2D eigenvalue weighted by Crippen LogP contribution is -2.50. The van der Waals surface area contributed by atoms with E-state index in [1.54, 1.807) is 13.0 Å². The number of carbonyl (C=O) groups excluding carboxylic acids is 3. The number of hydrogen-bond acceptors (Lipinski definition) is 5. The molecule has 0 aliphatic heterocycles. The van der Waals surface area contributed by atoms with Crippen LogP contribution in [0.25, 0.3) is 0 Å². The van der Waals surface area contributed by atoms with Gasteiger partial charge in [0.15, 0.2) is 0 Å². The van der Waals surface area contributed by atoms with Crippen molar-refractivity contribution in [3.05, 3.63) is 61.2 Å². The molecule has 2 amide bonds. The van der Waals surface area contributed by atoms with E-state index in [0.717, 1.165) is 18.4 Å². The molecule has 7 heteroatoms. The second kappa shape index (κ2) is 16.7. The molecule has 0 radical (unpaired) electrons. The van der Waals surface area contributed by atoms with E-state index in [1.807, 2.05) is 57.2 Å². The number of amides is 2. The summed E-state index contributed by atoms with van der Waals surface area (Å²) in [6.07, 6.45) is 6.70. The average Bonchev–Trinajstić information content (AvgIpc) is 2.85. The quantitative estimate of drug-likeness (QED) is 0.163. The minimum absolute atomic E-state index is 0.0265. The molecule has 0 heterocycles. The van der Waals surface area contributed by atoms with Crippen molar-refractivity contribution in [3.63, 3.8) is 0 Å². The molecule has 0 spiro atoms. The maximum atomic E-state index is 13.1. The number of hydrogen-bond donors (Lipinski definition) is 3. The Bertz CT molecular complexity index is 862. The van der Waals surface area contributed by atoms with E-state index in [0.29, 0.717) is 19.3 Å². The van der Waals surface area contributed by atoms with Crippen LogP contribution >= 0.6 is 0 Å². The number of unbranched alkanes of at least 4 members (excludes halogenated alkanes) is 1. The summed E-state index contributed by atoms with van der Waals surface area (Å²) in [5, 5.41) is 14.8. The van der Waals surface area contributed by atoms with E-state index in [4.69, 9.17) is 9.84 Å². The van der Waals surface area contributed by atoms with Gasteiger partial charge in [-0.3, -0.25) is 14.4 Å². The summed E-state index contributed by atoms with van der Waals surface area (Å²) >= 11 is 0. The lowest BCUT2D eigenvalue weighted by Gasteiger charge is -2.32. The maximum absolute atomic E-state index is 13.1. The third kappa shape index (κ3) is 12.7. The molecule has 4 atom stereocenters. The monoisotopic (exact) mass is 514 g/mol. The first-order valence-corrected chi connectivity index (χ1v) is 13.1. The molecule has 1 aromatic carbocycles. The zero-order valence-electron chi connectivity index (χ0n) is 23.0. The Balaban J connectivity index is 2.88. The fraction of sp³-hybridized carbons (Fsp3) is 0.567. The normalized spacial score (nSPS) is 14.5. The predicted molar refractivity (Wildman–Crippen MR) is 148 cm³/mol. The van der Waals surface area contributed by atoms with Crippen molar-refractivity contribution >= 4 is 17.8 Å². The van der Waals surface area contributed by atoms with Crippen molar-refractivity contribution in [2.45, 2.75) is 78.3 Å². The van der Waals surface area contributed by atoms with Crippen LogP contribution in [0.1, 0.15) is 65.4 Å². The molecule has 7 nitrogen and oxygen atoms in total. The number of rotatable bonds is 17. The van der Waals surface area contributed by atoms with Crippen LogP contribution in [-0.2, 0) is 25.5 Å². The zero-order chi connectivity index (χ0) is 27.8. The van der Waals surface area contributed by atoms with E-state index in [1.165, 1.54) is 0 Å². The number of benzene rings is 1. The van der Waals surface area contributed by atoms with E-state index in [2.05, 4.69) is 23.8 Å². The summed E-state index contributed by atoms with van der Waals surface area (Å²) in [4.78, 5) is 38.6. The minimum Gasteiger partial charge on any atom is -0.463 e. The molecule has 0 fully saturated rings. The van der Waals surface area contributed by atoms with Gasteiger partial charge >= 0.3 is 5.97 Å². The molecule has 0 bridgehead atoms. The summed E-state index contributed by atoms with van der Waals surface area (Å²) in [5.41, 5.74) is 0.685. The molecule has 1 rings (SSSR count). The van der Waals surface area contributed by atoms with Gasteiger partial charge in [-0.05, 0) is 50.0 Å². The molecular weight excluding hydrogens is 468 g/mol. The average molecular weight is 515 g/mol. The largest absolute Gasteiger partial charge is 0.463 e. The van der Waals surface area contributed by atoms with Crippen molar-refractivity contribution in [1.82, 2.24) is 10.6 Å². The molecule has 0 aromatic heterocycles. The Morgan fingerprint density at radius 1 is 1.05 bits per heavy atom. The molecule has 206 valence electrons. The van der Waals surface area contributed by atoms with Crippen molar-refractivity contribution in [2.24, 2.45) is 17.3 Å². The highest BCUT2D eigenvalue weighted by atomic mass is 16.5. The lowest BCUT2D eigenvalue weighted by molar-refractivity contribution is -0.151. The highest BCUT2D eigenvalue weighted by Gasteiger charge is 2.32. The van der Waals surface area contributed by atoms with Gasteiger partial charge in [0.1, 0.15) is 6.61 Å². The molecule has 37 heavy (non-hydrogen) atoms. The first-order valence-electron chi connectivity index (χ1n) is 13.1. The van der Waals surface area contributed by atoms with Gasteiger partial charge in [0.05, 0.1) is 24.5 Å². The molecule has 0 saturated carbocycles. The first-order chi connectivity index (χ1) is 17.5. The minimum atomic E-state index is -0.617. The lowest BCUT2D eigenvalue weighted by atomic mass is 9.86. The molecule has 0 saturated heterocycles. The Morgan fingerprint density at radius 3 is 2.30 bits per heavy atom. The van der Waals surface area contributed by atoms with Crippen LogP contribution in [-0.4, -0.2) is 48.2 Å². The number of allylic oxidation sites excluding steroid dienone is 2. The van der Waals surface area contributed by atoms with E-state index in [-0.39, 0.29) is 48.8 Å². The highest BCUT2D eigenvalue weighted by Crippen LogP contribution is 2.23. The number of aliphatic hydroxyl groups is 1. The summed E-state index contributed by atoms with van der Waals surface area (Å²) in [7, 11) is 0. The fourth-order valence-corrected chi connectivity index (χ4v) is 3.88. The number of aliphatic hydroxyl groups excluding tert-OH is 1. The van der Waals surface area contributed by atoms with Crippen LogP contribution in [0.5, 0.6) is 0 Å². The van der Waals surface area contributed by atoms with E-state index < -0.39 is 18.0 Å². The second-order valence-corrected chi connectivity index (χ2v) is 10.7. The van der Waals surface area contributed by atoms with Crippen molar-refractivity contribution in [1.29, 1.82) is 0 Å². The summed E-state index contributed by atoms with van der Waals surface area (Å²) in [6.45, 7) is 14.9. The van der Waals surface area contributed by atoms with Crippen LogP contribution in [0.4, 0.5) is 0 Å². The smallest absolute Gasteiger partial charge is 0.309 e. The van der Waals surface area contributed by atoms with E-state index >= 15 is 0 Å². The zero-order valence-corrected chi connectivity index (χ0v) is 23.0. The number of nitrogens with one attached hydrogen (secondary N) is 2. The number of ether oxygens (including phenoxy) is 1. The SMILES string of the molecule is C=CCCC[C@H](Cc1ccccc1)C(=O)OC[C@@H](NC(=O)[C@H](CC=C)CC(=O)N[C@@H](C)CO)C(C)(C)C. The Kier molecular flexibility index (Phi) is 14.5. The molecule has 0 unspecified atom stereocenters. The van der Waals surface area contributed by atoms with Gasteiger partial charge in [-0.25, -0.2) is 0 Å². The second-order valence-electron chi connectivity index (χ2n) is 10.7. The summed E-state index contributed by atoms with van der Waals surface area (Å²) in [5.74, 6) is -1.80. The number of carbonyl (C=O) groups is 3. The van der Waals surface area contributed by atoms with Gasteiger partial charge in [0.25, 0.3) is 0 Å². The van der Waals surface area contributed by atoms with E-state index in [9.17, 15) is 14.4 Å².